The Morgan fingerprint density at radius 3 is 2.78 bits per heavy atom. The van der Waals surface area contributed by atoms with Crippen LogP contribution >= 0.6 is 22.6 Å². The summed E-state index contributed by atoms with van der Waals surface area (Å²) >= 11 is 2.30. The van der Waals surface area contributed by atoms with Crippen LogP contribution in [-0.4, -0.2) is 28.8 Å². The van der Waals surface area contributed by atoms with E-state index in [1.165, 1.54) is 0 Å². The lowest BCUT2D eigenvalue weighted by Gasteiger charge is -2.12. The van der Waals surface area contributed by atoms with Gasteiger partial charge in [-0.25, -0.2) is 9.97 Å². The summed E-state index contributed by atoms with van der Waals surface area (Å²) in [6.07, 6.45) is 3.62. The first-order chi connectivity index (χ1) is 11.1. The summed E-state index contributed by atoms with van der Waals surface area (Å²) in [7, 11) is 5.27. The molecule has 3 aromatic rings. The van der Waals surface area contributed by atoms with Crippen molar-refractivity contribution in [3.63, 3.8) is 0 Å². The third-order valence-corrected chi connectivity index (χ3v) is 4.47. The summed E-state index contributed by atoms with van der Waals surface area (Å²) in [6.45, 7) is 0.601. The van der Waals surface area contributed by atoms with Crippen LogP contribution in [0.25, 0.3) is 11.0 Å². The number of ether oxygens (including phenoxy) is 2. The van der Waals surface area contributed by atoms with Crippen molar-refractivity contribution in [2.45, 2.75) is 6.54 Å². The minimum Gasteiger partial charge on any atom is -0.497 e. The second-order valence-electron chi connectivity index (χ2n) is 5.04. The lowest BCUT2D eigenvalue weighted by Crippen LogP contribution is -2.04. The molecule has 0 saturated heterocycles. The van der Waals surface area contributed by atoms with E-state index in [-0.39, 0.29) is 0 Å². The number of hydrogen-bond acceptors (Lipinski definition) is 5. The third kappa shape index (κ3) is 3.05. The zero-order valence-electron chi connectivity index (χ0n) is 13.1. The highest BCUT2D eigenvalue weighted by molar-refractivity contribution is 14.1. The van der Waals surface area contributed by atoms with E-state index >= 15 is 0 Å². The lowest BCUT2D eigenvalue weighted by atomic mass is 10.2. The van der Waals surface area contributed by atoms with Gasteiger partial charge < -0.3 is 19.4 Å². The number of aryl methyl sites for hydroxylation is 1. The van der Waals surface area contributed by atoms with Crippen molar-refractivity contribution in [3.8, 4) is 11.5 Å². The molecule has 3 rings (SSSR count). The van der Waals surface area contributed by atoms with Crippen LogP contribution < -0.4 is 14.8 Å². The molecule has 0 aliphatic carbocycles. The van der Waals surface area contributed by atoms with Gasteiger partial charge in [-0.15, -0.1) is 0 Å². The minimum atomic E-state index is 0.601. The summed E-state index contributed by atoms with van der Waals surface area (Å²) in [5.41, 5.74) is 1.94. The summed E-state index contributed by atoms with van der Waals surface area (Å²) in [4.78, 5) is 8.72. The average Bonchev–Trinajstić information content (AvgIpc) is 2.87. The number of methoxy groups -OCH3 is 2. The normalized spacial score (nSPS) is 10.8. The van der Waals surface area contributed by atoms with Gasteiger partial charge in [-0.05, 0) is 34.7 Å². The average molecular weight is 424 g/mol. The first-order valence-electron chi connectivity index (χ1n) is 7.04. The summed E-state index contributed by atoms with van der Waals surface area (Å²) in [5, 5.41) is 4.41. The maximum Gasteiger partial charge on any atom is 0.146 e. The highest BCUT2D eigenvalue weighted by atomic mass is 127. The van der Waals surface area contributed by atoms with Gasteiger partial charge in [0.25, 0.3) is 0 Å². The molecule has 0 amide bonds. The second kappa shape index (κ2) is 6.61. The number of nitrogens with zero attached hydrogens (tertiary/aromatic N) is 3. The Morgan fingerprint density at radius 2 is 2.04 bits per heavy atom. The molecule has 1 aromatic carbocycles. The molecule has 0 bridgehead atoms. The molecule has 1 N–H and O–H groups in total. The van der Waals surface area contributed by atoms with E-state index in [0.29, 0.717) is 6.54 Å². The fourth-order valence-electron chi connectivity index (χ4n) is 2.47. The van der Waals surface area contributed by atoms with Crippen LogP contribution in [0.2, 0.25) is 0 Å². The summed E-state index contributed by atoms with van der Waals surface area (Å²) in [5.74, 6) is 2.37. The highest BCUT2D eigenvalue weighted by Gasteiger charge is 2.12. The molecule has 2 aromatic heterocycles. The molecule has 0 radical (unpaired) electrons. The van der Waals surface area contributed by atoms with Gasteiger partial charge in [-0.2, -0.15) is 0 Å². The van der Waals surface area contributed by atoms with E-state index in [0.717, 1.165) is 37.5 Å². The summed E-state index contributed by atoms with van der Waals surface area (Å²) < 4.78 is 13.8. The number of rotatable bonds is 5. The first-order valence-corrected chi connectivity index (χ1v) is 8.12. The number of hydrogen-bond donors (Lipinski definition) is 1. The van der Waals surface area contributed by atoms with E-state index in [2.05, 4.69) is 37.9 Å². The van der Waals surface area contributed by atoms with E-state index in [4.69, 9.17) is 9.47 Å². The summed E-state index contributed by atoms with van der Waals surface area (Å²) in [6, 6.07) is 5.78. The smallest absolute Gasteiger partial charge is 0.146 e. The van der Waals surface area contributed by atoms with Gasteiger partial charge in [0, 0.05) is 35.0 Å². The van der Waals surface area contributed by atoms with Crippen molar-refractivity contribution < 1.29 is 9.47 Å². The molecule has 0 fully saturated rings. The largest absolute Gasteiger partial charge is 0.497 e. The van der Waals surface area contributed by atoms with Gasteiger partial charge in [-0.3, -0.25) is 0 Å². The van der Waals surface area contributed by atoms with E-state index in [1.807, 2.05) is 36.0 Å². The third-order valence-electron chi connectivity index (χ3n) is 3.65. The van der Waals surface area contributed by atoms with Gasteiger partial charge >= 0.3 is 0 Å². The van der Waals surface area contributed by atoms with Gasteiger partial charge in [-0.1, -0.05) is 0 Å². The van der Waals surface area contributed by atoms with Gasteiger partial charge in [0.05, 0.1) is 19.6 Å². The molecule has 0 unspecified atom stereocenters. The van der Waals surface area contributed by atoms with E-state index < -0.39 is 0 Å². The molecule has 0 aliphatic heterocycles. The van der Waals surface area contributed by atoms with Gasteiger partial charge in [0.15, 0.2) is 0 Å². The Balaban J connectivity index is 1.89. The van der Waals surface area contributed by atoms with Crippen LogP contribution in [0.3, 0.4) is 0 Å². The zero-order chi connectivity index (χ0) is 16.4. The lowest BCUT2D eigenvalue weighted by molar-refractivity contribution is 0.391. The topological polar surface area (TPSA) is 61.2 Å². The Hall–Kier alpha value is -2.03. The number of fused-ring (bicyclic) bond motifs is 1. The van der Waals surface area contributed by atoms with Crippen molar-refractivity contribution in [1.82, 2.24) is 14.5 Å². The highest BCUT2D eigenvalue weighted by Crippen LogP contribution is 2.28. The van der Waals surface area contributed by atoms with Crippen molar-refractivity contribution in [3.05, 3.63) is 39.9 Å². The van der Waals surface area contributed by atoms with Crippen LogP contribution in [0, 0.1) is 3.57 Å². The molecule has 23 heavy (non-hydrogen) atoms. The Morgan fingerprint density at radius 1 is 1.22 bits per heavy atom. The molecule has 2 heterocycles. The van der Waals surface area contributed by atoms with Crippen LogP contribution in [-0.2, 0) is 13.6 Å². The Kier molecular flexibility index (Phi) is 4.56. The Bertz CT molecular complexity index is 847. The molecule has 0 aliphatic rings. The Labute approximate surface area is 148 Å². The molecular weight excluding hydrogens is 407 g/mol. The van der Waals surface area contributed by atoms with E-state index in [1.54, 1.807) is 20.5 Å². The van der Waals surface area contributed by atoms with Gasteiger partial charge in [0.2, 0.25) is 0 Å². The molecular formula is C16H17IN4O2. The number of halogens is 1. The SMILES string of the molecule is COc1ccc(CNc2ncnc3c2c(I)cn3C)c(OC)c1. The maximum atomic E-state index is 5.43. The molecule has 6 nitrogen and oxygen atoms in total. The van der Waals surface area contributed by atoms with Crippen molar-refractivity contribution in [2.24, 2.45) is 7.05 Å². The number of aromatic nitrogens is 3. The zero-order valence-corrected chi connectivity index (χ0v) is 15.3. The fourth-order valence-corrected chi connectivity index (χ4v) is 3.38. The minimum absolute atomic E-state index is 0.601. The molecule has 0 spiro atoms. The number of benzene rings is 1. The van der Waals surface area contributed by atoms with E-state index in [9.17, 15) is 0 Å². The van der Waals surface area contributed by atoms with Crippen LogP contribution in [0.15, 0.2) is 30.7 Å². The number of anilines is 1. The van der Waals surface area contributed by atoms with Crippen molar-refractivity contribution >= 4 is 39.4 Å². The van der Waals surface area contributed by atoms with Gasteiger partial charge in [0.1, 0.15) is 29.3 Å². The second-order valence-corrected chi connectivity index (χ2v) is 6.20. The molecule has 0 atom stereocenters. The molecule has 7 heteroatoms. The standard InChI is InChI=1S/C16H17IN4O2/c1-21-8-12(17)14-15(19-9-20-16(14)21)18-7-10-4-5-11(22-2)6-13(10)23-3/h4-6,8-9H,7H2,1-3H3,(H,18,19,20). The monoisotopic (exact) mass is 424 g/mol. The fraction of sp³-hybridized carbons (Fsp3) is 0.250. The van der Waals surface area contributed by atoms with Crippen molar-refractivity contribution in [2.75, 3.05) is 19.5 Å². The predicted molar refractivity (Wildman–Crippen MR) is 98.1 cm³/mol. The molecule has 0 saturated carbocycles. The van der Waals surface area contributed by atoms with Crippen molar-refractivity contribution in [1.29, 1.82) is 0 Å². The van der Waals surface area contributed by atoms with Crippen LogP contribution in [0.5, 0.6) is 11.5 Å². The first kappa shape index (κ1) is 15.9. The van der Waals surface area contributed by atoms with Crippen LogP contribution in [0.1, 0.15) is 5.56 Å². The quantitative estimate of drug-likeness (QED) is 0.638. The van der Waals surface area contributed by atoms with Crippen LogP contribution in [0.4, 0.5) is 5.82 Å². The maximum absolute atomic E-state index is 5.43. The number of nitrogens with one attached hydrogen (secondary N) is 1. The predicted octanol–water partition coefficient (Wildman–Crippen LogP) is 3.20. The molecule has 120 valence electrons.